The maximum Gasteiger partial charge on any atom is 0.218 e. The lowest BCUT2D eigenvalue weighted by Gasteiger charge is -2.47. The maximum atomic E-state index is 14.3. The number of carbonyl (C=O) groups excluding carboxylic acids is 1. The molecule has 2 aliphatic rings. The number of amides is 1. The van der Waals surface area contributed by atoms with E-state index < -0.39 is 12.1 Å². The monoisotopic (exact) mass is 526 g/mol. The molecule has 1 aromatic carbocycles. The molecular weight excluding hydrogens is 483 g/mol. The molecule has 1 aromatic heterocycles. The molecule has 38 heavy (non-hydrogen) atoms. The fourth-order valence-corrected chi connectivity index (χ4v) is 5.56. The van der Waals surface area contributed by atoms with Crippen LogP contribution in [0.1, 0.15) is 76.1 Å². The number of rotatable bonds is 9. The van der Waals surface area contributed by atoms with Gasteiger partial charge in [-0.25, -0.2) is 9.37 Å². The molecule has 8 heteroatoms. The van der Waals surface area contributed by atoms with Gasteiger partial charge in [-0.3, -0.25) is 4.79 Å². The van der Waals surface area contributed by atoms with Crippen molar-refractivity contribution >= 4 is 11.6 Å². The summed E-state index contributed by atoms with van der Waals surface area (Å²) in [5, 5.41) is 17.7. The largest absolute Gasteiger partial charge is 0.471 e. The van der Waals surface area contributed by atoms with Gasteiger partial charge in [-0.15, -0.1) is 0 Å². The molecule has 1 amide bonds. The topological polar surface area (TPSA) is 86.7 Å². The number of aliphatic hydroxyl groups excluding tert-OH is 1. The Kier molecular flexibility index (Phi) is 8.33. The van der Waals surface area contributed by atoms with Gasteiger partial charge in [-0.1, -0.05) is 20.8 Å². The van der Waals surface area contributed by atoms with Crippen molar-refractivity contribution in [2.75, 3.05) is 25.5 Å². The number of fused-ring (bicyclic) bond motifs is 1. The van der Waals surface area contributed by atoms with Crippen LogP contribution in [0.25, 0.3) is 0 Å². The van der Waals surface area contributed by atoms with E-state index in [1.807, 2.05) is 31.3 Å². The highest BCUT2D eigenvalue weighted by Crippen LogP contribution is 2.48. The average Bonchev–Trinajstić information content (AvgIpc) is 2.79. The van der Waals surface area contributed by atoms with Crippen LogP contribution in [-0.2, 0) is 17.6 Å². The molecule has 0 saturated heterocycles. The van der Waals surface area contributed by atoms with Crippen LogP contribution in [0, 0.1) is 11.2 Å². The second-order valence-corrected chi connectivity index (χ2v) is 12.6. The fourth-order valence-electron chi connectivity index (χ4n) is 5.56. The van der Waals surface area contributed by atoms with Crippen LogP contribution in [0.15, 0.2) is 30.5 Å². The number of anilines is 1. The van der Waals surface area contributed by atoms with Crippen molar-refractivity contribution in [3.05, 3.63) is 53.0 Å². The summed E-state index contributed by atoms with van der Waals surface area (Å²) in [7, 11) is 3.70. The first-order valence-electron chi connectivity index (χ1n) is 13.7. The van der Waals surface area contributed by atoms with Crippen molar-refractivity contribution in [2.45, 2.75) is 90.0 Å². The molecule has 1 saturated carbocycles. The number of aliphatic hydroxyl groups is 1. The van der Waals surface area contributed by atoms with Gasteiger partial charge in [0, 0.05) is 57.5 Å². The molecular formula is C30H43FN4O3. The van der Waals surface area contributed by atoms with Crippen molar-refractivity contribution in [3.63, 3.8) is 0 Å². The zero-order chi connectivity index (χ0) is 27.7. The predicted molar refractivity (Wildman–Crippen MR) is 148 cm³/mol. The van der Waals surface area contributed by atoms with Crippen molar-refractivity contribution in [3.8, 4) is 5.88 Å². The Balaban J connectivity index is 1.51. The summed E-state index contributed by atoms with van der Waals surface area (Å²) in [5.41, 5.74) is 3.57. The number of pyridine rings is 1. The summed E-state index contributed by atoms with van der Waals surface area (Å²) in [4.78, 5) is 18.5. The number of aromatic nitrogens is 1. The lowest BCUT2D eigenvalue weighted by Crippen LogP contribution is -2.52. The summed E-state index contributed by atoms with van der Waals surface area (Å²) >= 11 is 0. The van der Waals surface area contributed by atoms with E-state index >= 15 is 0 Å². The molecule has 1 spiro atoms. The number of benzene rings is 1. The van der Waals surface area contributed by atoms with Gasteiger partial charge in [0.05, 0.1) is 12.1 Å². The van der Waals surface area contributed by atoms with Gasteiger partial charge in [0.2, 0.25) is 11.8 Å². The summed E-state index contributed by atoms with van der Waals surface area (Å²) in [6.07, 6.45) is 6.21. The number of ether oxygens (including phenoxy) is 1. The van der Waals surface area contributed by atoms with Gasteiger partial charge in [0.15, 0.2) is 0 Å². The Labute approximate surface area is 226 Å². The third kappa shape index (κ3) is 7.03. The van der Waals surface area contributed by atoms with Crippen molar-refractivity contribution < 1.29 is 19.0 Å². The summed E-state index contributed by atoms with van der Waals surface area (Å²) in [5.74, 6) is 0.0951. The molecule has 0 radical (unpaired) electrons. The summed E-state index contributed by atoms with van der Waals surface area (Å²) < 4.78 is 20.7. The van der Waals surface area contributed by atoms with E-state index in [2.05, 4.69) is 37.5 Å². The normalized spacial score (nSPS) is 19.6. The average molecular weight is 527 g/mol. The van der Waals surface area contributed by atoms with Gasteiger partial charge < -0.3 is 25.4 Å². The minimum atomic E-state index is -0.876. The molecule has 2 aromatic rings. The van der Waals surface area contributed by atoms with Crippen molar-refractivity contribution in [2.24, 2.45) is 5.41 Å². The highest BCUT2D eigenvalue weighted by Gasteiger charge is 2.46. The van der Waals surface area contributed by atoms with Crippen LogP contribution in [0.5, 0.6) is 5.88 Å². The summed E-state index contributed by atoms with van der Waals surface area (Å²) in [6.45, 7) is 8.33. The number of nitrogens with one attached hydrogen (secondary N) is 2. The predicted octanol–water partition coefficient (Wildman–Crippen LogP) is 4.32. The molecule has 1 fully saturated rings. The number of hydrogen-bond acceptors (Lipinski definition) is 6. The smallest absolute Gasteiger partial charge is 0.218 e. The quantitative estimate of drug-likeness (QED) is 0.451. The lowest BCUT2D eigenvalue weighted by atomic mass is 9.73. The molecule has 2 heterocycles. The number of carbonyl (C=O) groups is 1. The Morgan fingerprint density at radius 1 is 1.24 bits per heavy atom. The molecule has 208 valence electrons. The van der Waals surface area contributed by atoms with Gasteiger partial charge in [-0.05, 0) is 72.9 Å². The Hall–Kier alpha value is -2.71. The van der Waals surface area contributed by atoms with E-state index in [0.717, 1.165) is 48.9 Å². The maximum absolute atomic E-state index is 14.3. The van der Waals surface area contributed by atoms with Crippen molar-refractivity contribution in [1.29, 1.82) is 0 Å². The second kappa shape index (κ2) is 11.2. The first-order chi connectivity index (χ1) is 17.8. The third-order valence-electron chi connectivity index (χ3n) is 7.54. The van der Waals surface area contributed by atoms with E-state index in [0.29, 0.717) is 17.9 Å². The zero-order valence-corrected chi connectivity index (χ0v) is 23.6. The van der Waals surface area contributed by atoms with E-state index in [9.17, 15) is 14.3 Å². The molecule has 4 rings (SSSR count). The molecule has 0 unspecified atom stereocenters. The Morgan fingerprint density at radius 2 is 1.97 bits per heavy atom. The van der Waals surface area contributed by atoms with Crippen LogP contribution < -0.4 is 20.3 Å². The molecule has 7 nitrogen and oxygen atoms in total. The highest BCUT2D eigenvalue weighted by molar-refractivity contribution is 5.73. The molecule has 3 N–H and O–H groups in total. The second-order valence-electron chi connectivity index (χ2n) is 12.6. The third-order valence-corrected chi connectivity index (χ3v) is 7.54. The van der Waals surface area contributed by atoms with Crippen LogP contribution in [0.4, 0.5) is 10.1 Å². The van der Waals surface area contributed by atoms with E-state index in [1.54, 1.807) is 0 Å². The van der Waals surface area contributed by atoms with Gasteiger partial charge in [0.25, 0.3) is 0 Å². The van der Waals surface area contributed by atoms with E-state index in [1.165, 1.54) is 19.1 Å². The van der Waals surface area contributed by atoms with Gasteiger partial charge in [-0.2, -0.15) is 0 Å². The first-order valence-corrected chi connectivity index (χ1v) is 13.7. The molecule has 1 aliphatic heterocycles. The molecule has 0 bridgehead atoms. The fraction of sp³-hybridized carbons (Fsp3) is 0.600. The van der Waals surface area contributed by atoms with E-state index in [4.69, 9.17) is 9.72 Å². The number of hydrogen-bond donors (Lipinski definition) is 3. The lowest BCUT2D eigenvalue weighted by molar-refractivity contribution is -0.120. The number of halogens is 1. The van der Waals surface area contributed by atoms with Crippen LogP contribution in [0.2, 0.25) is 0 Å². The SMILES string of the molecule is CC(=O)N[C@@H](Cc1cc(F)cc(N(C)C)c1)[C@@H](O)CN[C@H]1CC2(CCC2)Oc2ncc(CC(C)(C)C)cc21. The first kappa shape index (κ1) is 28.3. The molecule has 1 aliphatic carbocycles. The van der Waals surface area contributed by atoms with Gasteiger partial charge in [0.1, 0.15) is 11.4 Å². The standard InChI is InChI=1S/C30H43FN4O3/c1-19(36)34-25(13-20-10-22(31)14-23(11-20)35(5)6)27(37)18-32-26-16-30(8-7-9-30)38-28-24(26)12-21(17-33-28)15-29(2,3)4/h10-12,14,17,25-27,32,37H,7-9,13,15-16,18H2,1-6H3,(H,34,36)/t25-,26-,27-/m0/s1. The zero-order valence-electron chi connectivity index (χ0n) is 23.6. The summed E-state index contributed by atoms with van der Waals surface area (Å²) in [6, 6.07) is 6.40. The highest BCUT2D eigenvalue weighted by atomic mass is 19.1. The minimum absolute atomic E-state index is 0.0198. The van der Waals surface area contributed by atoms with Crippen LogP contribution in [0.3, 0.4) is 0 Å². The van der Waals surface area contributed by atoms with Crippen molar-refractivity contribution in [1.82, 2.24) is 15.6 Å². The van der Waals surface area contributed by atoms with Crippen LogP contribution >= 0.6 is 0 Å². The Bertz CT molecular complexity index is 1140. The minimum Gasteiger partial charge on any atom is -0.471 e. The van der Waals surface area contributed by atoms with Gasteiger partial charge >= 0.3 is 0 Å². The van der Waals surface area contributed by atoms with E-state index in [-0.39, 0.29) is 35.3 Å². The Morgan fingerprint density at radius 3 is 2.58 bits per heavy atom. The molecule has 3 atom stereocenters. The van der Waals surface area contributed by atoms with Crippen LogP contribution in [-0.4, -0.2) is 54.4 Å². The number of nitrogens with zero attached hydrogens (tertiary/aromatic N) is 2.